The lowest BCUT2D eigenvalue weighted by atomic mass is 9.55. The van der Waals surface area contributed by atoms with Gasteiger partial charge in [0.15, 0.2) is 0 Å². The molecule has 4 bridgehead atoms. The van der Waals surface area contributed by atoms with Crippen LogP contribution in [0.15, 0.2) is 23.3 Å². The molecule has 0 atom stereocenters. The van der Waals surface area contributed by atoms with Crippen molar-refractivity contribution in [3.63, 3.8) is 0 Å². The minimum Gasteiger partial charge on any atom is -0.267 e. The van der Waals surface area contributed by atoms with Gasteiger partial charge >= 0.3 is 0 Å². The van der Waals surface area contributed by atoms with Crippen LogP contribution in [0.2, 0.25) is 0 Å². The second kappa shape index (κ2) is 5.22. The van der Waals surface area contributed by atoms with Crippen molar-refractivity contribution in [2.75, 3.05) is 0 Å². The highest BCUT2D eigenvalue weighted by atomic mass is 16.2. The number of nitrogens with zero attached hydrogens (tertiary/aromatic N) is 1. The van der Waals surface area contributed by atoms with Crippen LogP contribution < -0.4 is 5.43 Å². The van der Waals surface area contributed by atoms with Gasteiger partial charge in [-0.2, -0.15) is 5.10 Å². The highest BCUT2D eigenvalue weighted by Gasteiger charge is 2.46. The highest BCUT2D eigenvalue weighted by Crippen LogP contribution is 2.52. The van der Waals surface area contributed by atoms with E-state index in [0.29, 0.717) is 17.4 Å². The van der Waals surface area contributed by atoms with E-state index in [1.54, 1.807) is 0 Å². The van der Waals surface area contributed by atoms with Crippen molar-refractivity contribution in [3.8, 4) is 0 Å². The van der Waals surface area contributed by atoms with Gasteiger partial charge in [0.1, 0.15) is 0 Å². The minimum atomic E-state index is -0.0793. The maximum absolute atomic E-state index is 12.3. The summed E-state index contributed by atoms with van der Waals surface area (Å²) in [6, 6.07) is 5.83. The summed E-state index contributed by atoms with van der Waals surface area (Å²) in [5.74, 6) is 3.05. The van der Waals surface area contributed by atoms with Gasteiger partial charge in [0.25, 0.3) is 5.91 Å². The maximum Gasteiger partial charge on any atom is 0.271 e. The summed E-state index contributed by atoms with van der Waals surface area (Å²) in [4.78, 5) is 12.3. The third kappa shape index (κ3) is 2.37. The van der Waals surface area contributed by atoms with Crippen LogP contribution >= 0.6 is 0 Å². The molecule has 0 unspecified atom stereocenters. The smallest absolute Gasteiger partial charge is 0.267 e. The molecule has 0 aromatic heterocycles. The number of aryl methyl sites for hydroxylation is 2. The fourth-order valence-electron chi connectivity index (χ4n) is 4.91. The molecule has 4 aliphatic carbocycles. The fraction of sp³-hybridized carbons (Fsp3) is 0.579. The molecule has 1 amide bonds. The Balaban J connectivity index is 1.49. The summed E-state index contributed by atoms with van der Waals surface area (Å²) in [5, 5.41) is 4.57. The average molecular weight is 296 g/mol. The molecule has 1 N–H and O–H groups in total. The molecule has 3 nitrogen and oxygen atoms in total. The molecule has 0 aliphatic heterocycles. The van der Waals surface area contributed by atoms with Crippen LogP contribution in [0.25, 0.3) is 0 Å². The summed E-state index contributed by atoms with van der Waals surface area (Å²) in [7, 11) is 0. The molecule has 3 heteroatoms. The molecule has 0 radical (unpaired) electrons. The fourth-order valence-corrected chi connectivity index (χ4v) is 4.91. The van der Waals surface area contributed by atoms with Crippen molar-refractivity contribution in [1.82, 2.24) is 5.43 Å². The van der Waals surface area contributed by atoms with Gasteiger partial charge < -0.3 is 0 Å². The zero-order chi connectivity index (χ0) is 15.3. The first-order chi connectivity index (χ1) is 10.6. The van der Waals surface area contributed by atoms with Crippen molar-refractivity contribution in [1.29, 1.82) is 0 Å². The van der Waals surface area contributed by atoms with E-state index in [0.717, 1.165) is 17.4 Å². The van der Waals surface area contributed by atoms with Crippen molar-refractivity contribution < 1.29 is 4.79 Å². The van der Waals surface area contributed by atoms with Crippen LogP contribution in [0.3, 0.4) is 0 Å². The number of rotatable bonds is 2. The molecule has 4 saturated carbocycles. The topological polar surface area (TPSA) is 41.5 Å². The first-order valence-electron chi connectivity index (χ1n) is 8.55. The quantitative estimate of drug-likeness (QED) is 0.828. The molecule has 0 heterocycles. The van der Waals surface area contributed by atoms with Gasteiger partial charge in [0, 0.05) is 11.3 Å². The SMILES string of the molecule is Cc1ccc(C(=O)NN=C2C3CC4CC(C3)CC2C4)cc1C. The zero-order valence-corrected chi connectivity index (χ0v) is 13.4. The summed E-state index contributed by atoms with van der Waals surface area (Å²) in [5.41, 5.74) is 7.17. The van der Waals surface area contributed by atoms with Crippen molar-refractivity contribution in [2.24, 2.45) is 28.8 Å². The van der Waals surface area contributed by atoms with E-state index in [4.69, 9.17) is 0 Å². The lowest BCUT2D eigenvalue weighted by molar-refractivity contribution is 0.0942. The molecular weight excluding hydrogens is 272 g/mol. The molecule has 1 aromatic rings. The Morgan fingerprint density at radius 3 is 2.23 bits per heavy atom. The Bertz CT molecular complexity index is 617. The zero-order valence-electron chi connectivity index (χ0n) is 13.4. The second-order valence-electron chi connectivity index (χ2n) is 7.58. The lowest BCUT2D eigenvalue weighted by Crippen LogP contribution is -2.46. The van der Waals surface area contributed by atoms with Crippen LogP contribution in [0, 0.1) is 37.5 Å². The second-order valence-corrected chi connectivity index (χ2v) is 7.58. The molecule has 1 aromatic carbocycles. The molecule has 22 heavy (non-hydrogen) atoms. The molecule has 0 spiro atoms. The summed E-state index contributed by atoms with van der Waals surface area (Å²) in [6.45, 7) is 4.10. The van der Waals surface area contributed by atoms with Crippen LogP contribution in [-0.2, 0) is 0 Å². The third-order valence-corrected chi connectivity index (χ3v) is 6.03. The molecular formula is C19H24N2O. The maximum atomic E-state index is 12.3. The molecule has 4 aliphatic rings. The number of hydrogen-bond acceptors (Lipinski definition) is 2. The third-order valence-electron chi connectivity index (χ3n) is 6.03. The summed E-state index contributed by atoms with van der Waals surface area (Å²) >= 11 is 0. The van der Waals surface area contributed by atoms with Crippen LogP contribution in [-0.4, -0.2) is 11.6 Å². The van der Waals surface area contributed by atoms with Gasteiger partial charge in [-0.1, -0.05) is 6.07 Å². The Kier molecular flexibility index (Phi) is 3.32. The van der Waals surface area contributed by atoms with Gasteiger partial charge in [0.2, 0.25) is 0 Å². The Hall–Kier alpha value is -1.64. The van der Waals surface area contributed by atoms with E-state index in [2.05, 4.69) is 17.5 Å². The van der Waals surface area contributed by atoms with E-state index < -0.39 is 0 Å². The van der Waals surface area contributed by atoms with Crippen molar-refractivity contribution in [3.05, 3.63) is 34.9 Å². The van der Waals surface area contributed by atoms with E-state index in [1.165, 1.54) is 43.4 Å². The van der Waals surface area contributed by atoms with Crippen molar-refractivity contribution in [2.45, 2.75) is 46.0 Å². The molecule has 4 fully saturated rings. The first kappa shape index (κ1) is 14.0. The number of nitrogens with one attached hydrogen (secondary N) is 1. The number of hydrazone groups is 1. The van der Waals surface area contributed by atoms with Crippen molar-refractivity contribution >= 4 is 11.6 Å². The van der Waals surface area contributed by atoms with Crippen LogP contribution in [0.1, 0.15) is 53.6 Å². The normalized spacial score (nSPS) is 32.2. The number of carbonyl (C=O) groups excluding carboxylic acids is 1. The van der Waals surface area contributed by atoms with E-state index >= 15 is 0 Å². The Morgan fingerprint density at radius 1 is 1.00 bits per heavy atom. The molecule has 116 valence electrons. The minimum absolute atomic E-state index is 0.0793. The number of carbonyl (C=O) groups is 1. The number of hydrogen-bond donors (Lipinski definition) is 1. The highest BCUT2D eigenvalue weighted by molar-refractivity contribution is 5.97. The van der Waals surface area contributed by atoms with Gasteiger partial charge in [0.05, 0.1) is 0 Å². The Morgan fingerprint density at radius 2 is 1.64 bits per heavy atom. The predicted molar refractivity (Wildman–Crippen MR) is 87.9 cm³/mol. The Labute approximate surface area is 132 Å². The van der Waals surface area contributed by atoms with Gasteiger partial charge in [-0.05, 0) is 92.9 Å². The van der Waals surface area contributed by atoms with E-state index in [-0.39, 0.29) is 5.91 Å². The van der Waals surface area contributed by atoms with Gasteiger partial charge in [-0.3, -0.25) is 4.79 Å². The van der Waals surface area contributed by atoms with E-state index in [9.17, 15) is 4.79 Å². The lowest BCUT2D eigenvalue weighted by Gasteiger charge is -2.50. The standard InChI is InChI=1S/C19H24N2O/c1-11-3-4-15(5-12(11)2)19(22)21-20-18-16-7-13-6-14(9-16)10-17(18)8-13/h3-5,13-14,16-17H,6-10H2,1-2H3,(H,21,22). The summed E-state index contributed by atoms with van der Waals surface area (Å²) < 4.78 is 0. The van der Waals surface area contributed by atoms with Gasteiger partial charge in [-0.15, -0.1) is 0 Å². The predicted octanol–water partition coefficient (Wildman–Crippen LogP) is 3.85. The molecule has 0 saturated heterocycles. The average Bonchev–Trinajstić information content (AvgIpc) is 2.48. The number of benzene rings is 1. The molecule has 5 rings (SSSR count). The van der Waals surface area contributed by atoms with Gasteiger partial charge in [-0.25, -0.2) is 5.43 Å². The first-order valence-corrected chi connectivity index (χ1v) is 8.55. The number of amides is 1. The summed E-state index contributed by atoms with van der Waals surface area (Å²) in [6.07, 6.45) is 6.63. The van der Waals surface area contributed by atoms with Crippen LogP contribution in [0.5, 0.6) is 0 Å². The largest absolute Gasteiger partial charge is 0.271 e. The monoisotopic (exact) mass is 296 g/mol. The van der Waals surface area contributed by atoms with Crippen LogP contribution in [0.4, 0.5) is 0 Å². The van der Waals surface area contributed by atoms with E-state index in [1.807, 2.05) is 25.1 Å².